The number of hydrogen-bond acceptors (Lipinski definition) is 2. The van der Waals surface area contributed by atoms with E-state index in [2.05, 4.69) is 15.9 Å². The van der Waals surface area contributed by atoms with Crippen LogP contribution in [0.5, 0.6) is 5.75 Å². The monoisotopic (exact) mass is 339 g/mol. The first-order chi connectivity index (χ1) is 9.04. The number of nitrogens with two attached hydrogens (primary N) is 1. The molecule has 0 fully saturated rings. The highest BCUT2D eigenvalue weighted by Crippen LogP contribution is 2.35. The largest absolute Gasteiger partial charge is 0.496 e. The van der Waals surface area contributed by atoms with Gasteiger partial charge in [0.15, 0.2) is 0 Å². The van der Waals surface area contributed by atoms with Crippen LogP contribution in [0.2, 0.25) is 5.02 Å². The van der Waals surface area contributed by atoms with Gasteiger partial charge in [0, 0.05) is 15.1 Å². The molecule has 19 heavy (non-hydrogen) atoms. The second kappa shape index (κ2) is 5.95. The van der Waals surface area contributed by atoms with Crippen molar-refractivity contribution >= 4 is 27.5 Å². The normalized spacial score (nSPS) is 12.3. The van der Waals surface area contributed by atoms with E-state index in [4.69, 9.17) is 22.1 Å². The summed E-state index contributed by atoms with van der Waals surface area (Å²) in [5.41, 5.74) is 9.23. The molecule has 0 aromatic heterocycles. The Kier molecular flexibility index (Phi) is 4.50. The van der Waals surface area contributed by atoms with E-state index < -0.39 is 0 Å². The molecule has 0 radical (unpaired) electrons. The molecule has 2 aromatic carbocycles. The summed E-state index contributed by atoms with van der Waals surface area (Å²) < 4.78 is 6.43. The molecule has 2 N–H and O–H groups in total. The molecule has 0 aliphatic carbocycles. The van der Waals surface area contributed by atoms with Crippen LogP contribution in [0.1, 0.15) is 22.7 Å². The van der Waals surface area contributed by atoms with Crippen LogP contribution in [-0.4, -0.2) is 7.11 Å². The summed E-state index contributed by atoms with van der Waals surface area (Å²) in [4.78, 5) is 0. The lowest BCUT2D eigenvalue weighted by Gasteiger charge is -2.18. The molecule has 0 saturated heterocycles. The Labute approximate surface area is 126 Å². The predicted octanol–water partition coefficient (Wildman–Crippen LogP) is 4.47. The van der Waals surface area contributed by atoms with Crippen molar-refractivity contribution in [2.45, 2.75) is 13.0 Å². The lowest BCUT2D eigenvalue weighted by Crippen LogP contribution is -2.14. The van der Waals surface area contributed by atoms with Gasteiger partial charge in [0.05, 0.1) is 13.2 Å². The van der Waals surface area contributed by atoms with Crippen molar-refractivity contribution in [3.63, 3.8) is 0 Å². The Balaban J connectivity index is 2.52. The Morgan fingerprint density at radius 2 is 1.89 bits per heavy atom. The summed E-state index contributed by atoms with van der Waals surface area (Å²) >= 11 is 9.73. The van der Waals surface area contributed by atoms with E-state index in [0.717, 1.165) is 26.9 Å². The van der Waals surface area contributed by atoms with Gasteiger partial charge in [0.1, 0.15) is 5.75 Å². The first kappa shape index (κ1) is 14.4. The number of hydrogen-bond donors (Lipinski definition) is 1. The van der Waals surface area contributed by atoms with Crippen molar-refractivity contribution in [2.24, 2.45) is 5.73 Å². The van der Waals surface area contributed by atoms with Crippen LogP contribution >= 0.6 is 27.5 Å². The summed E-state index contributed by atoms with van der Waals surface area (Å²) in [6.07, 6.45) is 0. The summed E-state index contributed by atoms with van der Waals surface area (Å²) in [5, 5.41) is 0.661. The van der Waals surface area contributed by atoms with E-state index in [0.29, 0.717) is 5.02 Å². The smallest absolute Gasteiger partial charge is 0.124 e. The van der Waals surface area contributed by atoms with E-state index in [9.17, 15) is 0 Å². The van der Waals surface area contributed by atoms with Crippen molar-refractivity contribution in [3.05, 3.63) is 62.6 Å². The van der Waals surface area contributed by atoms with Crippen LogP contribution in [0.3, 0.4) is 0 Å². The molecule has 0 spiro atoms. The minimum absolute atomic E-state index is 0.319. The summed E-state index contributed by atoms with van der Waals surface area (Å²) in [6.45, 7) is 2.01. The first-order valence-electron chi connectivity index (χ1n) is 5.88. The van der Waals surface area contributed by atoms with Gasteiger partial charge in [-0.15, -0.1) is 0 Å². The molecule has 2 rings (SSSR count). The molecule has 1 atom stereocenters. The minimum Gasteiger partial charge on any atom is -0.496 e. The molecule has 4 heteroatoms. The molecule has 0 amide bonds. The zero-order valence-corrected chi connectivity index (χ0v) is 13.1. The standard InChI is InChI=1S/C15H15BrClNO/c1-9-7-14(19-2)11(8-12(9)16)15(18)10-5-3-4-6-13(10)17/h3-8,15H,18H2,1-2H3. The summed E-state index contributed by atoms with van der Waals surface area (Å²) in [7, 11) is 1.64. The van der Waals surface area contributed by atoms with Gasteiger partial charge >= 0.3 is 0 Å². The number of ether oxygens (including phenoxy) is 1. The van der Waals surface area contributed by atoms with Crippen molar-refractivity contribution in [2.75, 3.05) is 7.11 Å². The van der Waals surface area contributed by atoms with Crippen molar-refractivity contribution in [1.82, 2.24) is 0 Å². The highest BCUT2D eigenvalue weighted by Gasteiger charge is 2.17. The van der Waals surface area contributed by atoms with Gasteiger partial charge in [-0.1, -0.05) is 45.7 Å². The van der Waals surface area contributed by atoms with Gasteiger partial charge in [-0.2, -0.15) is 0 Å². The topological polar surface area (TPSA) is 35.2 Å². The summed E-state index contributed by atoms with van der Waals surface area (Å²) in [5.74, 6) is 0.771. The SMILES string of the molecule is COc1cc(C)c(Br)cc1C(N)c1ccccc1Cl. The molecule has 0 bridgehead atoms. The van der Waals surface area contributed by atoms with Gasteiger partial charge in [-0.25, -0.2) is 0 Å². The van der Waals surface area contributed by atoms with Gasteiger partial charge in [0.25, 0.3) is 0 Å². The third kappa shape index (κ3) is 2.94. The van der Waals surface area contributed by atoms with E-state index in [1.54, 1.807) is 7.11 Å². The quantitative estimate of drug-likeness (QED) is 0.895. The van der Waals surface area contributed by atoms with Crippen molar-refractivity contribution in [3.8, 4) is 5.75 Å². The van der Waals surface area contributed by atoms with Gasteiger partial charge in [0.2, 0.25) is 0 Å². The fourth-order valence-corrected chi connectivity index (χ4v) is 2.60. The molecular formula is C15H15BrClNO. The second-order valence-electron chi connectivity index (χ2n) is 4.34. The summed E-state index contributed by atoms with van der Waals surface area (Å²) in [6, 6.07) is 11.2. The maximum atomic E-state index is 6.33. The maximum Gasteiger partial charge on any atom is 0.124 e. The molecular weight excluding hydrogens is 326 g/mol. The predicted molar refractivity (Wildman–Crippen MR) is 82.9 cm³/mol. The van der Waals surface area contributed by atoms with Gasteiger partial charge in [-0.05, 0) is 36.2 Å². The van der Waals surface area contributed by atoms with Gasteiger partial charge < -0.3 is 10.5 Å². The zero-order chi connectivity index (χ0) is 14.0. The number of benzene rings is 2. The van der Waals surface area contributed by atoms with E-state index in [1.807, 2.05) is 43.3 Å². The molecule has 100 valence electrons. The fourth-order valence-electron chi connectivity index (χ4n) is 1.99. The van der Waals surface area contributed by atoms with Crippen LogP contribution in [-0.2, 0) is 0 Å². The van der Waals surface area contributed by atoms with Crippen LogP contribution in [0.4, 0.5) is 0 Å². The average molecular weight is 341 g/mol. The van der Waals surface area contributed by atoms with Crippen LogP contribution in [0.15, 0.2) is 40.9 Å². The molecule has 0 aliphatic heterocycles. The van der Waals surface area contributed by atoms with E-state index >= 15 is 0 Å². The van der Waals surface area contributed by atoms with Gasteiger partial charge in [-0.3, -0.25) is 0 Å². The number of aryl methyl sites for hydroxylation is 1. The Bertz CT molecular complexity index is 601. The maximum absolute atomic E-state index is 6.33. The fraction of sp³-hybridized carbons (Fsp3) is 0.200. The van der Waals surface area contributed by atoms with Crippen molar-refractivity contribution < 1.29 is 4.74 Å². The minimum atomic E-state index is -0.319. The third-order valence-corrected chi connectivity index (χ3v) is 4.28. The highest BCUT2D eigenvalue weighted by molar-refractivity contribution is 9.10. The molecule has 0 heterocycles. The zero-order valence-electron chi connectivity index (χ0n) is 10.8. The molecule has 1 unspecified atom stereocenters. The molecule has 0 saturated carbocycles. The Hall–Kier alpha value is -1.03. The second-order valence-corrected chi connectivity index (χ2v) is 5.60. The molecule has 0 aliphatic rings. The molecule has 2 aromatic rings. The number of rotatable bonds is 3. The third-order valence-electron chi connectivity index (χ3n) is 3.09. The number of halogens is 2. The van der Waals surface area contributed by atoms with Crippen LogP contribution < -0.4 is 10.5 Å². The lowest BCUT2D eigenvalue weighted by atomic mass is 9.97. The Morgan fingerprint density at radius 1 is 1.21 bits per heavy atom. The first-order valence-corrected chi connectivity index (χ1v) is 7.05. The lowest BCUT2D eigenvalue weighted by molar-refractivity contribution is 0.407. The Morgan fingerprint density at radius 3 is 2.53 bits per heavy atom. The van der Waals surface area contributed by atoms with E-state index in [1.165, 1.54) is 0 Å². The van der Waals surface area contributed by atoms with Crippen LogP contribution in [0, 0.1) is 6.92 Å². The van der Waals surface area contributed by atoms with E-state index in [-0.39, 0.29) is 6.04 Å². The highest BCUT2D eigenvalue weighted by atomic mass is 79.9. The van der Waals surface area contributed by atoms with Crippen LogP contribution in [0.25, 0.3) is 0 Å². The average Bonchev–Trinajstić information content (AvgIpc) is 2.41. The molecule has 2 nitrogen and oxygen atoms in total. The van der Waals surface area contributed by atoms with Crippen molar-refractivity contribution in [1.29, 1.82) is 0 Å². The number of methoxy groups -OCH3 is 1.